The van der Waals surface area contributed by atoms with Crippen LogP contribution in [0, 0.1) is 0 Å². The molecule has 1 N–H and O–H groups in total. The van der Waals surface area contributed by atoms with Crippen LogP contribution in [-0.4, -0.2) is 24.6 Å². The first-order valence-electron chi connectivity index (χ1n) is 11.7. The van der Waals surface area contributed by atoms with Crippen LogP contribution < -0.4 is 10.1 Å². The summed E-state index contributed by atoms with van der Waals surface area (Å²) in [7, 11) is 0. The summed E-state index contributed by atoms with van der Waals surface area (Å²) in [6.45, 7) is 8.38. The van der Waals surface area contributed by atoms with Crippen LogP contribution in [0.15, 0.2) is 42.5 Å². The fourth-order valence-corrected chi connectivity index (χ4v) is 4.13. The first-order valence-corrected chi connectivity index (χ1v) is 11.7. The summed E-state index contributed by atoms with van der Waals surface area (Å²) in [5, 5.41) is 3.12. The molecule has 1 saturated carbocycles. The molecule has 0 spiro atoms. The molecule has 0 aromatic heterocycles. The molecule has 1 fully saturated rings. The maximum absolute atomic E-state index is 12.9. The van der Waals surface area contributed by atoms with E-state index < -0.39 is 0 Å². The van der Waals surface area contributed by atoms with Gasteiger partial charge in [-0.05, 0) is 72.9 Å². The van der Waals surface area contributed by atoms with E-state index in [4.69, 9.17) is 9.47 Å². The lowest BCUT2D eigenvalue weighted by atomic mass is 9.92. The van der Waals surface area contributed by atoms with Crippen molar-refractivity contribution >= 4 is 17.6 Å². The zero-order valence-corrected chi connectivity index (χ0v) is 19.6. The van der Waals surface area contributed by atoms with Crippen LogP contribution in [-0.2, 0) is 9.53 Å². The minimum atomic E-state index is -0.342. The summed E-state index contributed by atoms with van der Waals surface area (Å²) in [6.07, 6.45) is 5.34. The summed E-state index contributed by atoms with van der Waals surface area (Å²) < 4.78 is 11.0. The van der Waals surface area contributed by atoms with E-state index in [0.717, 1.165) is 42.5 Å². The first kappa shape index (κ1) is 23.8. The van der Waals surface area contributed by atoms with Gasteiger partial charge in [0, 0.05) is 11.3 Å². The Bertz CT molecular complexity index is 886. The second kappa shape index (κ2) is 11.2. The average molecular weight is 438 g/mol. The lowest BCUT2D eigenvalue weighted by Gasteiger charge is -2.21. The summed E-state index contributed by atoms with van der Waals surface area (Å²) >= 11 is 0. The van der Waals surface area contributed by atoms with Crippen molar-refractivity contribution in [3.05, 3.63) is 59.2 Å². The van der Waals surface area contributed by atoms with Crippen molar-refractivity contribution in [2.75, 3.05) is 11.9 Å². The van der Waals surface area contributed by atoms with Crippen LogP contribution in [0.5, 0.6) is 5.75 Å². The fourth-order valence-electron chi connectivity index (χ4n) is 4.13. The SMILES string of the molecule is CC(C)c1cccc(C(C)C)c1NC(=O)c1ccc(OCC(=O)OC2CCCCC2)cc1. The molecule has 0 heterocycles. The molecule has 5 nitrogen and oxygen atoms in total. The molecule has 2 aromatic carbocycles. The van der Waals surface area contributed by atoms with Gasteiger partial charge in [-0.25, -0.2) is 4.79 Å². The van der Waals surface area contributed by atoms with E-state index >= 15 is 0 Å². The minimum absolute atomic E-state index is 0.0235. The quantitative estimate of drug-likeness (QED) is 0.483. The lowest BCUT2D eigenvalue weighted by Crippen LogP contribution is -2.24. The Morgan fingerprint density at radius 3 is 2.06 bits per heavy atom. The van der Waals surface area contributed by atoms with Gasteiger partial charge in [-0.3, -0.25) is 4.79 Å². The van der Waals surface area contributed by atoms with Gasteiger partial charge in [0.15, 0.2) is 6.61 Å². The van der Waals surface area contributed by atoms with Gasteiger partial charge in [-0.2, -0.15) is 0 Å². The monoisotopic (exact) mass is 437 g/mol. The van der Waals surface area contributed by atoms with Crippen molar-refractivity contribution in [1.82, 2.24) is 0 Å². The topological polar surface area (TPSA) is 64.6 Å². The van der Waals surface area contributed by atoms with Crippen molar-refractivity contribution in [2.45, 2.75) is 77.7 Å². The standard InChI is InChI=1S/C27H35NO4/c1-18(2)23-11-8-12-24(19(3)4)26(23)28-27(30)20-13-15-21(16-14-20)31-17-25(29)32-22-9-6-5-7-10-22/h8,11-16,18-19,22H,5-7,9-10,17H2,1-4H3,(H,28,30). The van der Waals surface area contributed by atoms with Gasteiger partial charge in [0.1, 0.15) is 11.9 Å². The second-order valence-corrected chi connectivity index (χ2v) is 9.14. The normalized spacial score (nSPS) is 14.4. The third-order valence-electron chi connectivity index (χ3n) is 5.93. The molecule has 5 heteroatoms. The number of ether oxygens (including phenoxy) is 2. The lowest BCUT2D eigenvalue weighted by molar-refractivity contribution is -0.152. The van der Waals surface area contributed by atoms with Crippen LogP contribution in [0.3, 0.4) is 0 Å². The highest BCUT2D eigenvalue weighted by molar-refractivity contribution is 6.05. The number of para-hydroxylation sites is 1. The van der Waals surface area contributed by atoms with Gasteiger partial charge in [-0.1, -0.05) is 52.3 Å². The molecule has 1 aliphatic rings. The number of carbonyl (C=O) groups is 2. The number of nitrogens with one attached hydrogen (secondary N) is 1. The molecule has 0 unspecified atom stereocenters. The molecule has 1 amide bonds. The highest BCUT2D eigenvalue weighted by atomic mass is 16.6. The highest BCUT2D eigenvalue weighted by Crippen LogP contribution is 2.32. The predicted octanol–water partition coefficient (Wildman–Crippen LogP) is 6.44. The van der Waals surface area contributed by atoms with Crippen LogP contribution in [0.1, 0.15) is 93.1 Å². The summed E-state index contributed by atoms with van der Waals surface area (Å²) in [4.78, 5) is 25.0. The molecule has 0 aliphatic heterocycles. The van der Waals surface area contributed by atoms with Gasteiger partial charge in [0.05, 0.1) is 0 Å². The number of hydrogen-bond donors (Lipinski definition) is 1. The minimum Gasteiger partial charge on any atom is -0.482 e. The molecule has 1 aliphatic carbocycles. The average Bonchev–Trinajstić information content (AvgIpc) is 2.78. The summed E-state index contributed by atoms with van der Waals surface area (Å²) in [5.74, 6) is 0.627. The molecule has 0 atom stereocenters. The van der Waals surface area contributed by atoms with Crippen molar-refractivity contribution in [1.29, 1.82) is 0 Å². The Kier molecular flexibility index (Phi) is 8.32. The number of carbonyl (C=O) groups excluding carboxylic acids is 2. The molecule has 3 rings (SSSR count). The second-order valence-electron chi connectivity index (χ2n) is 9.14. The van der Waals surface area contributed by atoms with Crippen molar-refractivity contribution in [3.63, 3.8) is 0 Å². The molecular formula is C27H35NO4. The smallest absolute Gasteiger partial charge is 0.344 e. The van der Waals surface area contributed by atoms with E-state index in [1.165, 1.54) is 6.42 Å². The van der Waals surface area contributed by atoms with Crippen LogP contribution >= 0.6 is 0 Å². The number of hydrogen-bond acceptors (Lipinski definition) is 4. The van der Waals surface area contributed by atoms with Gasteiger partial charge >= 0.3 is 5.97 Å². The van der Waals surface area contributed by atoms with E-state index in [1.807, 2.05) is 6.07 Å². The van der Waals surface area contributed by atoms with Crippen molar-refractivity contribution < 1.29 is 19.1 Å². The van der Waals surface area contributed by atoms with E-state index in [2.05, 4.69) is 45.1 Å². The summed E-state index contributed by atoms with van der Waals surface area (Å²) in [5.41, 5.74) is 3.69. The van der Waals surface area contributed by atoms with Crippen molar-refractivity contribution in [2.24, 2.45) is 0 Å². The zero-order valence-electron chi connectivity index (χ0n) is 19.6. The van der Waals surface area contributed by atoms with Gasteiger partial charge in [0.25, 0.3) is 5.91 Å². The Morgan fingerprint density at radius 1 is 0.906 bits per heavy atom. The predicted molar refractivity (Wildman–Crippen MR) is 127 cm³/mol. The van der Waals surface area contributed by atoms with Gasteiger partial charge in [0.2, 0.25) is 0 Å². The van der Waals surface area contributed by atoms with E-state index in [0.29, 0.717) is 23.1 Å². The number of amides is 1. The Morgan fingerprint density at radius 2 is 1.50 bits per heavy atom. The van der Waals surface area contributed by atoms with Crippen molar-refractivity contribution in [3.8, 4) is 5.75 Å². The first-order chi connectivity index (χ1) is 15.3. The molecular weight excluding hydrogens is 402 g/mol. The van der Waals surface area contributed by atoms with Crippen LogP contribution in [0.2, 0.25) is 0 Å². The molecule has 0 bridgehead atoms. The highest BCUT2D eigenvalue weighted by Gasteiger charge is 2.19. The number of anilines is 1. The largest absolute Gasteiger partial charge is 0.482 e. The maximum atomic E-state index is 12.9. The summed E-state index contributed by atoms with van der Waals surface area (Å²) in [6, 6.07) is 13.0. The van der Waals surface area contributed by atoms with Gasteiger partial charge < -0.3 is 14.8 Å². The number of esters is 1. The Balaban J connectivity index is 1.60. The van der Waals surface area contributed by atoms with Gasteiger partial charge in [-0.15, -0.1) is 0 Å². The Hall–Kier alpha value is -2.82. The van der Waals surface area contributed by atoms with E-state index in [-0.39, 0.29) is 24.6 Å². The molecule has 172 valence electrons. The van der Waals surface area contributed by atoms with Crippen LogP contribution in [0.25, 0.3) is 0 Å². The molecule has 2 aromatic rings. The third-order valence-corrected chi connectivity index (χ3v) is 5.93. The molecule has 32 heavy (non-hydrogen) atoms. The maximum Gasteiger partial charge on any atom is 0.344 e. The molecule has 0 saturated heterocycles. The number of benzene rings is 2. The van der Waals surface area contributed by atoms with E-state index in [9.17, 15) is 9.59 Å². The Labute approximate surface area is 191 Å². The zero-order chi connectivity index (χ0) is 23.1. The molecule has 0 radical (unpaired) electrons. The fraction of sp³-hybridized carbons (Fsp3) is 0.481. The third kappa shape index (κ3) is 6.35. The van der Waals surface area contributed by atoms with Crippen LogP contribution in [0.4, 0.5) is 5.69 Å². The number of rotatable bonds is 8. The van der Waals surface area contributed by atoms with E-state index in [1.54, 1.807) is 24.3 Å².